The molecule has 2 nitrogen and oxygen atoms in total. The van der Waals surface area contributed by atoms with Crippen molar-refractivity contribution in [2.75, 3.05) is 14.1 Å². The van der Waals surface area contributed by atoms with E-state index in [0.717, 1.165) is 12.1 Å². The summed E-state index contributed by atoms with van der Waals surface area (Å²) < 4.78 is 0. The average molecular weight is 233 g/mol. The molecule has 1 saturated carbocycles. The topological polar surface area (TPSA) is 23.5 Å². The molecular formula is C15H23NO. The molecule has 0 saturated heterocycles. The van der Waals surface area contributed by atoms with Crippen LogP contribution < -0.4 is 0 Å². The van der Waals surface area contributed by atoms with Crippen molar-refractivity contribution in [3.63, 3.8) is 0 Å². The maximum absolute atomic E-state index is 10.0. The summed E-state index contributed by atoms with van der Waals surface area (Å²) >= 11 is 0. The van der Waals surface area contributed by atoms with Gasteiger partial charge >= 0.3 is 0 Å². The van der Waals surface area contributed by atoms with E-state index in [0.29, 0.717) is 11.7 Å². The summed E-state index contributed by atoms with van der Waals surface area (Å²) in [5, 5.41) is 10.0. The molecule has 17 heavy (non-hydrogen) atoms. The zero-order valence-electron chi connectivity index (χ0n) is 10.9. The first-order chi connectivity index (χ1) is 8.18. The van der Waals surface area contributed by atoms with E-state index in [1.807, 2.05) is 12.1 Å². The van der Waals surface area contributed by atoms with Crippen molar-refractivity contribution < 1.29 is 5.11 Å². The van der Waals surface area contributed by atoms with Crippen molar-refractivity contribution in [3.8, 4) is 5.75 Å². The second-order valence-electron chi connectivity index (χ2n) is 5.42. The lowest BCUT2D eigenvalue weighted by Gasteiger charge is -2.25. The molecule has 1 aliphatic carbocycles. The second kappa shape index (κ2) is 5.54. The number of nitrogens with zero attached hydrogens (tertiary/aromatic N) is 1. The van der Waals surface area contributed by atoms with Crippen LogP contribution in [0, 0.1) is 0 Å². The Balaban J connectivity index is 2.27. The van der Waals surface area contributed by atoms with Crippen LogP contribution in [0.1, 0.15) is 49.1 Å². The standard InChI is InChI=1S/C15H23NO/c1-16(2)11-14-13(9-6-10-15(14)17)12-7-4-3-5-8-12/h6,9-10,12,17H,3-5,7-8,11H2,1-2H3. The predicted molar refractivity (Wildman–Crippen MR) is 71.3 cm³/mol. The van der Waals surface area contributed by atoms with E-state index >= 15 is 0 Å². The van der Waals surface area contributed by atoms with Crippen LogP contribution in [0.15, 0.2) is 18.2 Å². The highest BCUT2D eigenvalue weighted by molar-refractivity contribution is 5.41. The van der Waals surface area contributed by atoms with E-state index in [1.54, 1.807) is 0 Å². The Morgan fingerprint density at radius 3 is 2.53 bits per heavy atom. The Hall–Kier alpha value is -1.02. The Kier molecular flexibility index (Phi) is 4.06. The fraction of sp³-hybridized carbons (Fsp3) is 0.600. The number of rotatable bonds is 3. The first-order valence-electron chi connectivity index (χ1n) is 6.64. The Labute approximate surface area is 104 Å². The van der Waals surface area contributed by atoms with Crippen LogP contribution in [0.25, 0.3) is 0 Å². The van der Waals surface area contributed by atoms with Crippen molar-refractivity contribution in [2.45, 2.75) is 44.6 Å². The van der Waals surface area contributed by atoms with E-state index in [9.17, 15) is 5.11 Å². The predicted octanol–water partition coefficient (Wildman–Crippen LogP) is 3.50. The van der Waals surface area contributed by atoms with Crippen molar-refractivity contribution in [1.29, 1.82) is 0 Å². The van der Waals surface area contributed by atoms with E-state index in [1.165, 1.54) is 37.7 Å². The van der Waals surface area contributed by atoms with E-state index in [4.69, 9.17) is 0 Å². The first kappa shape index (κ1) is 12.4. The molecule has 1 N–H and O–H groups in total. The third kappa shape index (κ3) is 3.01. The van der Waals surface area contributed by atoms with E-state index in [-0.39, 0.29) is 0 Å². The van der Waals surface area contributed by atoms with Gasteiger partial charge in [0.15, 0.2) is 0 Å². The van der Waals surface area contributed by atoms with Crippen LogP contribution in [0.5, 0.6) is 5.75 Å². The lowest BCUT2D eigenvalue weighted by molar-refractivity contribution is 0.375. The Morgan fingerprint density at radius 2 is 1.88 bits per heavy atom. The average Bonchev–Trinajstić information content (AvgIpc) is 2.32. The first-order valence-corrected chi connectivity index (χ1v) is 6.64. The van der Waals surface area contributed by atoms with Gasteiger partial charge in [-0.15, -0.1) is 0 Å². The number of hydrogen-bond acceptors (Lipinski definition) is 2. The van der Waals surface area contributed by atoms with Crippen LogP contribution in [0.3, 0.4) is 0 Å². The highest BCUT2D eigenvalue weighted by Crippen LogP contribution is 2.37. The highest BCUT2D eigenvalue weighted by atomic mass is 16.3. The molecule has 0 unspecified atom stereocenters. The molecule has 1 aliphatic rings. The van der Waals surface area contributed by atoms with Gasteiger partial charge in [0, 0.05) is 12.1 Å². The molecule has 1 aromatic carbocycles. The maximum atomic E-state index is 10.0. The van der Waals surface area contributed by atoms with Gasteiger partial charge in [0.25, 0.3) is 0 Å². The van der Waals surface area contributed by atoms with Crippen LogP contribution >= 0.6 is 0 Å². The lowest BCUT2D eigenvalue weighted by Crippen LogP contribution is -2.15. The van der Waals surface area contributed by atoms with Gasteiger partial charge in [0.2, 0.25) is 0 Å². The van der Waals surface area contributed by atoms with Crippen LogP contribution in [0.2, 0.25) is 0 Å². The number of aromatic hydroxyl groups is 1. The normalized spacial score (nSPS) is 17.6. The van der Waals surface area contributed by atoms with Crippen molar-refractivity contribution in [2.24, 2.45) is 0 Å². The van der Waals surface area contributed by atoms with Gasteiger partial charge in [-0.05, 0) is 44.5 Å². The van der Waals surface area contributed by atoms with Gasteiger partial charge in [-0.3, -0.25) is 0 Å². The van der Waals surface area contributed by atoms with Crippen molar-refractivity contribution in [3.05, 3.63) is 29.3 Å². The summed E-state index contributed by atoms with van der Waals surface area (Å²) in [5.74, 6) is 1.12. The number of phenols is 1. The molecule has 0 aromatic heterocycles. The second-order valence-corrected chi connectivity index (χ2v) is 5.42. The maximum Gasteiger partial charge on any atom is 0.120 e. The molecule has 0 aliphatic heterocycles. The summed E-state index contributed by atoms with van der Waals surface area (Å²) in [7, 11) is 4.11. The zero-order valence-corrected chi connectivity index (χ0v) is 10.9. The summed E-state index contributed by atoms with van der Waals surface area (Å²) in [6.07, 6.45) is 6.61. The van der Waals surface area contributed by atoms with Gasteiger partial charge in [-0.2, -0.15) is 0 Å². The third-order valence-electron chi connectivity index (χ3n) is 3.71. The number of hydrogen-bond donors (Lipinski definition) is 1. The minimum absolute atomic E-state index is 0.460. The molecule has 0 spiro atoms. The third-order valence-corrected chi connectivity index (χ3v) is 3.71. The SMILES string of the molecule is CN(C)Cc1c(O)cccc1C1CCCCC1. The Bertz CT molecular complexity index is 367. The number of benzene rings is 1. The summed E-state index contributed by atoms with van der Waals surface area (Å²) in [4.78, 5) is 2.13. The zero-order chi connectivity index (χ0) is 12.3. The molecule has 2 heteroatoms. The number of phenolic OH excluding ortho intramolecular Hbond substituents is 1. The van der Waals surface area contributed by atoms with Crippen molar-refractivity contribution in [1.82, 2.24) is 4.90 Å². The summed E-state index contributed by atoms with van der Waals surface area (Å²) in [5.41, 5.74) is 2.50. The smallest absolute Gasteiger partial charge is 0.120 e. The highest BCUT2D eigenvalue weighted by Gasteiger charge is 2.20. The van der Waals surface area contributed by atoms with Gasteiger partial charge in [0.05, 0.1) is 0 Å². The molecule has 0 radical (unpaired) electrons. The largest absolute Gasteiger partial charge is 0.508 e. The summed E-state index contributed by atoms with van der Waals surface area (Å²) in [6.45, 7) is 0.832. The van der Waals surface area contributed by atoms with Crippen LogP contribution in [0.4, 0.5) is 0 Å². The van der Waals surface area contributed by atoms with Gasteiger partial charge in [0.1, 0.15) is 5.75 Å². The summed E-state index contributed by atoms with van der Waals surface area (Å²) in [6, 6.07) is 6.00. The van der Waals surface area contributed by atoms with Gasteiger partial charge in [-0.1, -0.05) is 31.4 Å². The van der Waals surface area contributed by atoms with E-state index in [2.05, 4.69) is 25.1 Å². The van der Waals surface area contributed by atoms with Crippen LogP contribution in [-0.4, -0.2) is 24.1 Å². The molecule has 94 valence electrons. The van der Waals surface area contributed by atoms with Crippen LogP contribution in [-0.2, 0) is 6.54 Å². The van der Waals surface area contributed by atoms with E-state index < -0.39 is 0 Å². The lowest BCUT2D eigenvalue weighted by atomic mass is 9.82. The van der Waals surface area contributed by atoms with Gasteiger partial charge < -0.3 is 10.0 Å². The Morgan fingerprint density at radius 1 is 1.18 bits per heavy atom. The fourth-order valence-corrected chi connectivity index (χ4v) is 2.88. The molecule has 0 atom stereocenters. The minimum Gasteiger partial charge on any atom is -0.508 e. The molecule has 1 fully saturated rings. The van der Waals surface area contributed by atoms with Gasteiger partial charge in [-0.25, -0.2) is 0 Å². The monoisotopic (exact) mass is 233 g/mol. The molecule has 0 heterocycles. The minimum atomic E-state index is 0.460. The fourth-order valence-electron chi connectivity index (χ4n) is 2.88. The molecule has 1 aromatic rings. The molecule has 2 rings (SSSR count). The molecule has 0 bridgehead atoms. The van der Waals surface area contributed by atoms with Crippen molar-refractivity contribution >= 4 is 0 Å². The molecular weight excluding hydrogens is 210 g/mol. The quantitative estimate of drug-likeness (QED) is 0.863. The molecule has 0 amide bonds.